The molecule has 0 saturated heterocycles. The fourth-order valence-corrected chi connectivity index (χ4v) is 2.24. The molecule has 20 heavy (non-hydrogen) atoms. The summed E-state index contributed by atoms with van der Waals surface area (Å²) in [5.74, 6) is 0. The second kappa shape index (κ2) is 7.55. The summed E-state index contributed by atoms with van der Waals surface area (Å²) in [5.41, 5.74) is 0.184. The highest BCUT2D eigenvalue weighted by Crippen LogP contribution is 2.14. The van der Waals surface area contributed by atoms with Crippen LogP contribution in [0.1, 0.15) is 26.3 Å². The van der Waals surface area contributed by atoms with E-state index in [0.717, 1.165) is 5.56 Å². The first-order valence-electron chi connectivity index (χ1n) is 6.74. The molecule has 0 aliphatic rings. The van der Waals surface area contributed by atoms with Gasteiger partial charge in [0.05, 0.1) is 12.1 Å². The smallest absolute Gasteiger partial charge is 0.317 e. The fraction of sp³-hybridized carbons (Fsp3) is 0.533. The summed E-state index contributed by atoms with van der Waals surface area (Å²) in [5, 5.41) is 12.7. The number of rotatable bonds is 6. The zero-order chi connectivity index (χ0) is 15.2. The molecule has 1 rings (SSSR count). The molecule has 5 heteroatoms. The molecule has 0 aromatic heterocycles. The van der Waals surface area contributed by atoms with Gasteiger partial charge in [0, 0.05) is 18.0 Å². The van der Waals surface area contributed by atoms with Gasteiger partial charge in [-0.15, -0.1) is 11.8 Å². The van der Waals surface area contributed by atoms with Crippen molar-refractivity contribution in [3.63, 3.8) is 0 Å². The fourth-order valence-electron chi connectivity index (χ4n) is 1.83. The van der Waals surface area contributed by atoms with Gasteiger partial charge in [-0.2, -0.15) is 0 Å². The van der Waals surface area contributed by atoms with Crippen molar-refractivity contribution >= 4 is 17.8 Å². The Bertz CT molecular complexity index is 426. The van der Waals surface area contributed by atoms with Crippen LogP contribution in [-0.2, 0) is 6.54 Å². The zero-order valence-electron chi connectivity index (χ0n) is 12.6. The van der Waals surface area contributed by atoms with E-state index in [1.807, 2.05) is 37.4 Å². The van der Waals surface area contributed by atoms with Crippen LogP contribution < -0.4 is 5.32 Å². The lowest BCUT2D eigenvalue weighted by Gasteiger charge is -2.28. The van der Waals surface area contributed by atoms with Crippen molar-refractivity contribution in [3.8, 4) is 0 Å². The Morgan fingerprint density at radius 1 is 1.35 bits per heavy atom. The Labute approximate surface area is 125 Å². The van der Waals surface area contributed by atoms with Crippen LogP contribution in [0.25, 0.3) is 0 Å². The van der Waals surface area contributed by atoms with E-state index in [4.69, 9.17) is 0 Å². The lowest BCUT2D eigenvalue weighted by molar-refractivity contribution is 0.0480. The van der Waals surface area contributed by atoms with Gasteiger partial charge < -0.3 is 15.3 Å². The standard InChI is InChI=1S/C15H24N2O2S/c1-5-17(11-15(2,3)19)14(18)16-10-12-6-8-13(20-4)9-7-12/h6-9,19H,5,10-11H2,1-4H3,(H,16,18). The normalized spacial score (nSPS) is 11.2. The van der Waals surface area contributed by atoms with Crippen molar-refractivity contribution in [2.24, 2.45) is 0 Å². The number of likely N-dealkylation sites (N-methyl/N-ethyl adjacent to an activating group) is 1. The van der Waals surface area contributed by atoms with E-state index in [0.29, 0.717) is 19.6 Å². The van der Waals surface area contributed by atoms with Crippen LogP contribution in [0.4, 0.5) is 4.79 Å². The molecule has 0 unspecified atom stereocenters. The quantitative estimate of drug-likeness (QED) is 0.794. The molecule has 2 N–H and O–H groups in total. The molecule has 0 saturated carbocycles. The number of hydrogen-bond donors (Lipinski definition) is 2. The maximum atomic E-state index is 12.0. The van der Waals surface area contributed by atoms with E-state index in [1.54, 1.807) is 30.5 Å². The van der Waals surface area contributed by atoms with E-state index >= 15 is 0 Å². The molecule has 2 amide bonds. The number of urea groups is 1. The molecular weight excluding hydrogens is 272 g/mol. The Morgan fingerprint density at radius 2 is 1.95 bits per heavy atom. The van der Waals surface area contributed by atoms with Crippen LogP contribution in [0.2, 0.25) is 0 Å². The number of aliphatic hydroxyl groups is 1. The summed E-state index contributed by atoms with van der Waals surface area (Å²) >= 11 is 1.69. The van der Waals surface area contributed by atoms with Crippen molar-refractivity contribution in [1.29, 1.82) is 0 Å². The average Bonchev–Trinajstić information content (AvgIpc) is 2.41. The highest BCUT2D eigenvalue weighted by molar-refractivity contribution is 7.98. The number of nitrogens with zero attached hydrogens (tertiary/aromatic N) is 1. The number of amides is 2. The summed E-state index contributed by atoms with van der Waals surface area (Å²) in [7, 11) is 0. The van der Waals surface area contributed by atoms with Gasteiger partial charge in [-0.05, 0) is 44.7 Å². The third kappa shape index (κ3) is 5.84. The Kier molecular flexibility index (Phi) is 6.36. The SMILES string of the molecule is CCN(CC(C)(C)O)C(=O)NCc1ccc(SC)cc1. The first-order chi connectivity index (χ1) is 9.35. The summed E-state index contributed by atoms with van der Waals surface area (Å²) < 4.78 is 0. The molecule has 1 aromatic rings. The molecule has 0 heterocycles. The second-order valence-corrected chi connectivity index (χ2v) is 6.21. The first kappa shape index (κ1) is 16.9. The molecule has 112 valence electrons. The Hall–Kier alpha value is -1.20. The van der Waals surface area contributed by atoms with E-state index in [-0.39, 0.29) is 6.03 Å². The van der Waals surface area contributed by atoms with Crippen molar-refractivity contribution < 1.29 is 9.90 Å². The van der Waals surface area contributed by atoms with Gasteiger partial charge in [0.2, 0.25) is 0 Å². The number of carbonyl (C=O) groups is 1. The lowest BCUT2D eigenvalue weighted by Crippen LogP contribution is -2.46. The van der Waals surface area contributed by atoms with Gasteiger partial charge in [-0.3, -0.25) is 0 Å². The minimum absolute atomic E-state index is 0.149. The van der Waals surface area contributed by atoms with Crippen molar-refractivity contribution in [1.82, 2.24) is 10.2 Å². The topological polar surface area (TPSA) is 52.6 Å². The van der Waals surface area contributed by atoms with Gasteiger partial charge in [-0.25, -0.2) is 4.79 Å². The Morgan fingerprint density at radius 3 is 2.40 bits per heavy atom. The van der Waals surface area contributed by atoms with Crippen LogP contribution >= 0.6 is 11.8 Å². The van der Waals surface area contributed by atoms with E-state index in [2.05, 4.69) is 5.32 Å². The highest BCUT2D eigenvalue weighted by atomic mass is 32.2. The molecule has 0 aliphatic carbocycles. The molecular formula is C15H24N2O2S. The van der Waals surface area contributed by atoms with Crippen LogP contribution in [0, 0.1) is 0 Å². The maximum Gasteiger partial charge on any atom is 0.317 e. The van der Waals surface area contributed by atoms with Gasteiger partial charge in [0.25, 0.3) is 0 Å². The van der Waals surface area contributed by atoms with Gasteiger partial charge in [-0.1, -0.05) is 12.1 Å². The minimum atomic E-state index is -0.882. The van der Waals surface area contributed by atoms with Crippen LogP contribution in [0.5, 0.6) is 0 Å². The highest BCUT2D eigenvalue weighted by Gasteiger charge is 2.20. The largest absolute Gasteiger partial charge is 0.389 e. The molecule has 4 nitrogen and oxygen atoms in total. The first-order valence-corrected chi connectivity index (χ1v) is 7.96. The van der Waals surface area contributed by atoms with Crippen molar-refractivity contribution in [2.75, 3.05) is 19.3 Å². The number of carbonyl (C=O) groups excluding carboxylic acids is 1. The summed E-state index contributed by atoms with van der Waals surface area (Å²) in [6, 6.07) is 7.96. The second-order valence-electron chi connectivity index (χ2n) is 5.33. The molecule has 0 spiro atoms. The van der Waals surface area contributed by atoms with Crippen LogP contribution in [0.3, 0.4) is 0 Å². The lowest BCUT2D eigenvalue weighted by atomic mass is 10.1. The summed E-state index contributed by atoms with van der Waals surface area (Å²) in [4.78, 5) is 14.9. The third-order valence-corrected chi connectivity index (χ3v) is 3.59. The number of nitrogens with one attached hydrogen (secondary N) is 1. The minimum Gasteiger partial charge on any atom is -0.389 e. The van der Waals surface area contributed by atoms with Gasteiger partial charge >= 0.3 is 6.03 Å². The maximum absolute atomic E-state index is 12.0. The molecule has 0 radical (unpaired) electrons. The van der Waals surface area contributed by atoms with Gasteiger partial charge in [0.15, 0.2) is 0 Å². The average molecular weight is 296 g/mol. The van der Waals surface area contributed by atoms with Crippen molar-refractivity contribution in [2.45, 2.75) is 37.8 Å². The van der Waals surface area contributed by atoms with E-state index in [9.17, 15) is 9.90 Å². The predicted molar refractivity (Wildman–Crippen MR) is 84.0 cm³/mol. The predicted octanol–water partition coefficient (Wildman–Crippen LogP) is 2.71. The third-order valence-electron chi connectivity index (χ3n) is 2.85. The van der Waals surface area contributed by atoms with Crippen LogP contribution in [-0.4, -0.2) is 41.0 Å². The number of benzene rings is 1. The Balaban J connectivity index is 2.52. The summed E-state index contributed by atoms with van der Waals surface area (Å²) in [6.07, 6.45) is 2.03. The molecule has 0 atom stereocenters. The van der Waals surface area contributed by atoms with Crippen LogP contribution in [0.15, 0.2) is 29.2 Å². The number of hydrogen-bond acceptors (Lipinski definition) is 3. The molecule has 1 aromatic carbocycles. The zero-order valence-corrected chi connectivity index (χ0v) is 13.5. The van der Waals surface area contributed by atoms with Crippen molar-refractivity contribution in [3.05, 3.63) is 29.8 Å². The van der Waals surface area contributed by atoms with E-state index < -0.39 is 5.60 Å². The summed E-state index contributed by atoms with van der Waals surface area (Å²) in [6.45, 7) is 6.69. The number of thioether (sulfide) groups is 1. The van der Waals surface area contributed by atoms with E-state index in [1.165, 1.54) is 4.90 Å². The van der Waals surface area contributed by atoms with Gasteiger partial charge in [0.1, 0.15) is 0 Å². The molecule has 0 bridgehead atoms. The molecule has 0 aliphatic heterocycles. The monoisotopic (exact) mass is 296 g/mol. The molecule has 0 fully saturated rings.